The Morgan fingerprint density at radius 1 is 1.38 bits per heavy atom. The van der Waals surface area contributed by atoms with E-state index < -0.39 is 40.0 Å². The number of benzene rings is 1. The number of hydrogen-bond donors (Lipinski definition) is 1. The number of carboxylic acid groups (broad SMARTS) is 1. The van der Waals surface area contributed by atoms with Crippen LogP contribution in [0.25, 0.3) is 0 Å². The minimum Gasteiger partial charge on any atom is -0.481 e. The monoisotopic (exact) mass is 300 g/mol. The lowest BCUT2D eigenvalue weighted by atomic mass is 10.1. The summed E-state index contributed by atoms with van der Waals surface area (Å²) in [6.07, 6.45) is -5.46. The first-order valence-corrected chi connectivity index (χ1v) is 4.78. The van der Waals surface area contributed by atoms with E-state index >= 15 is 0 Å². The van der Waals surface area contributed by atoms with Crippen molar-refractivity contribution in [2.75, 3.05) is 0 Å². The second-order valence-corrected chi connectivity index (χ2v) is 3.75. The van der Waals surface area contributed by atoms with Gasteiger partial charge in [0.25, 0.3) is 0 Å². The van der Waals surface area contributed by atoms with E-state index in [4.69, 9.17) is 5.11 Å². The van der Waals surface area contributed by atoms with Gasteiger partial charge >= 0.3 is 12.1 Å². The fraction of sp³-hybridized carbons (Fsp3) is 0.222. The summed E-state index contributed by atoms with van der Waals surface area (Å²) in [6, 6.07) is 1.16. The molecule has 88 valence electrons. The largest absolute Gasteiger partial charge is 0.481 e. The zero-order valence-corrected chi connectivity index (χ0v) is 9.19. The molecule has 0 aliphatic carbocycles. The first-order valence-electron chi connectivity index (χ1n) is 3.99. The van der Waals surface area contributed by atoms with Crippen LogP contribution in [-0.4, -0.2) is 11.1 Å². The van der Waals surface area contributed by atoms with Gasteiger partial charge in [-0.15, -0.1) is 0 Å². The van der Waals surface area contributed by atoms with Crippen molar-refractivity contribution in [3.8, 4) is 0 Å². The topological polar surface area (TPSA) is 37.3 Å². The van der Waals surface area contributed by atoms with Crippen molar-refractivity contribution in [1.82, 2.24) is 0 Å². The molecule has 0 amide bonds. The van der Waals surface area contributed by atoms with Crippen molar-refractivity contribution >= 4 is 21.9 Å². The Kier molecular flexibility index (Phi) is 3.57. The molecule has 1 rings (SSSR count). The summed E-state index contributed by atoms with van der Waals surface area (Å²) in [7, 11) is 0. The van der Waals surface area contributed by atoms with Gasteiger partial charge in [-0.1, -0.05) is 0 Å². The van der Waals surface area contributed by atoms with Crippen molar-refractivity contribution < 1.29 is 27.5 Å². The van der Waals surface area contributed by atoms with Crippen LogP contribution in [0.2, 0.25) is 0 Å². The van der Waals surface area contributed by atoms with E-state index in [9.17, 15) is 22.4 Å². The van der Waals surface area contributed by atoms with Crippen LogP contribution < -0.4 is 0 Å². The molecule has 2 nitrogen and oxygen atoms in total. The Labute approximate surface area is 96.0 Å². The SMILES string of the molecule is O=C(O)Cc1c(F)ccc(C(F)(F)F)c1Br. The van der Waals surface area contributed by atoms with Crippen LogP contribution in [0.1, 0.15) is 11.1 Å². The van der Waals surface area contributed by atoms with Crippen LogP contribution in [0.15, 0.2) is 16.6 Å². The highest BCUT2D eigenvalue weighted by atomic mass is 79.9. The lowest BCUT2D eigenvalue weighted by Crippen LogP contribution is -2.11. The van der Waals surface area contributed by atoms with Gasteiger partial charge in [0.15, 0.2) is 0 Å². The molecule has 0 spiro atoms. The van der Waals surface area contributed by atoms with Gasteiger partial charge in [0.2, 0.25) is 0 Å². The standard InChI is InChI=1S/C9H5BrF4O2/c10-8-4(3-7(15)16)6(11)2-1-5(8)9(12,13)14/h1-2H,3H2,(H,15,16). The third-order valence-corrected chi connectivity index (χ3v) is 2.73. The molecule has 0 bridgehead atoms. The Morgan fingerprint density at radius 2 is 1.94 bits per heavy atom. The maximum Gasteiger partial charge on any atom is 0.417 e. The fourth-order valence-electron chi connectivity index (χ4n) is 1.13. The second-order valence-electron chi connectivity index (χ2n) is 2.96. The normalized spacial score (nSPS) is 11.6. The van der Waals surface area contributed by atoms with Gasteiger partial charge in [-0.2, -0.15) is 13.2 Å². The van der Waals surface area contributed by atoms with Crippen LogP contribution >= 0.6 is 15.9 Å². The van der Waals surface area contributed by atoms with Crippen LogP contribution in [0.3, 0.4) is 0 Å². The highest BCUT2D eigenvalue weighted by Crippen LogP contribution is 2.37. The van der Waals surface area contributed by atoms with Crippen molar-refractivity contribution in [3.63, 3.8) is 0 Å². The average molecular weight is 301 g/mol. The van der Waals surface area contributed by atoms with Gasteiger partial charge in [-0.3, -0.25) is 4.79 Å². The van der Waals surface area contributed by atoms with Gasteiger partial charge in [0, 0.05) is 10.0 Å². The molecule has 16 heavy (non-hydrogen) atoms. The molecule has 1 aromatic rings. The maximum absolute atomic E-state index is 13.1. The van der Waals surface area contributed by atoms with Crippen LogP contribution in [0.5, 0.6) is 0 Å². The smallest absolute Gasteiger partial charge is 0.417 e. The Balaban J connectivity index is 3.33. The van der Waals surface area contributed by atoms with E-state index in [2.05, 4.69) is 15.9 Å². The zero-order chi connectivity index (χ0) is 12.5. The molecular weight excluding hydrogens is 296 g/mol. The number of halogens is 5. The molecular formula is C9H5BrF4O2. The molecule has 7 heteroatoms. The number of rotatable bonds is 2. The number of hydrogen-bond acceptors (Lipinski definition) is 1. The Morgan fingerprint density at radius 3 is 2.38 bits per heavy atom. The highest BCUT2D eigenvalue weighted by Gasteiger charge is 2.34. The number of aliphatic carboxylic acids is 1. The molecule has 0 saturated carbocycles. The molecule has 1 N–H and O–H groups in total. The number of carbonyl (C=O) groups is 1. The van der Waals surface area contributed by atoms with E-state index in [1.54, 1.807) is 0 Å². The Bertz CT molecular complexity index is 428. The van der Waals surface area contributed by atoms with E-state index in [-0.39, 0.29) is 0 Å². The molecule has 0 aromatic heterocycles. The average Bonchev–Trinajstić information content (AvgIpc) is 2.09. The lowest BCUT2D eigenvalue weighted by molar-refractivity contribution is -0.139. The first kappa shape index (κ1) is 13.0. The quantitative estimate of drug-likeness (QED) is 0.852. The van der Waals surface area contributed by atoms with Crippen molar-refractivity contribution in [1.29, 1.82) is 0 Å². The van der Waals surface area contributed by atoms with E-state index in [1.807, 2.05) is 0 Å². The third-order valence-electron chi connectivity index (χ3n) is 1.82. The summed E-state index contributed by atoms with van der Waals surface area (Å²) in [5.41, 5.74) is -1.60. The predicted octanol–water partition coefficient (Wildman–Crippen LogP) is 3.23. The number of alkyl halides is 3. The second kappa shape index (κ2) is 4.40. The summed E-state index contributed by atoms with van der Waals surface area (Å²) in [4.78, 5) is 10.4. The van der Waals surface area contributed by atoms with Gasteiger partial charge in [0.05, 0.1) is 12.0 Å². The molecule has 0 unspecified atom stereocenters. The minimum absolute atomic E-state index is 0.512. The van der Waals surface area contributed by atoms with Gasteiger partial charge < -0.3 is 5.11 Å². The van der Waals surface area contributed by atoms with Crippen LogP contribution in [0, 0.1) is 5.82 Å². The Hall–Kier alpha value is -1.11. The molecule has 0 radical (unpaired) electrons. The van der Waals surface area contributed by atoms with Crippen molar-refractivity contribution in [2.45, 2.75) is 12.6 Å². The van der Waals surface area contributed by atoms with E-state index in [1.165, 1.54) is 0 Å². The summed E-state index contributed by atoms with van der Waals surface area (Å²) in [6.45, 7) is 0. The summed E-state index contributed by atoms with van der Waals surface area (Å²) >= 11 is 2.57. The molecule has 0 heterocycles. The summed E-state index contributed by atoms with van der Waals surface area (Å²) in [5, 5.41) is 8.44. The molecule has 0 aliphatic rings. The first-order chi connectivity index (χ1) is 7.23. The minimum atomic E-state index is -4.65. The van der Waals surface area contributed by atoms with Crippen molar-refractivity contribution in [3.05, 3.63) is 33.5 Å². The van der Waals surface area contributed by atoms with Gasteiger partial charge in [-0.05, 0) is 28.1 Å². The highest BCUT2D eigenvalue weighted by molar-refractivity contribution is 9.10. The lowest BCUT2D eigenvalue weighted by Gasteiger charge is -2.12. The van der Waals surface area contributed by atoms with Crippen LogP contribution in [0.4, 0.5) is 17.6 Å². The number of carboxylic acids is 1. The van der Waals surface area contributed by atoms with E-state index in [0.29, 0.717) is 12.1 Å². The molecule has 1 aromatic carbocycles. The molecule has 0 aliphatic heterocycles. The van der Waals surface area contributed by atoms with Gasteiger partial charge in [-0.25, -0.2) is 4.39 Å². The van der Waals surface area contributed by atoms with E-state index in [0.717, 1.165) is 0 Å². The third kappa shape index (κ3) is 2.72. The predicted molar refractivity (Wildman–Crippen MR) is 50.4 cm³/mol. The zero-order valence-electron chi connectivity index (χ0n) is 7.61. The summed E-state index contributed by atoms with van der Waals surface area (Å²) < 4.78 is 49.7. The molecule has 0 fully saturated rings. The van der Waals surface area contributed by atoms with Crippen molar-refractivity contribution in [2.24, 2.45) is 0 Å². The molecule has 0 saturated heterocycles. The fourth-order valence-corrected chi connectivity index (χ4v) is 1.82. The van der Waals surface area contributed by atoms with Crippen LogP contribution in [-0.2, 0) is 17.4 Å². The maximum atomic E-state index is 13.1. The van der Waals surface area contributed by atoms with Gasteiger partial charge in [0.1, 0.15) is 5.82 Å². The molecule has 0 atom stereocenters. The summed E-state index contributed by atoms with van der Waals surface area (Å²) in [5.74, 6) is -2.39.